The highest BCUT2D eigenvalue weighted by atomic mass is 16.6. The molecule has 36 heavy (non-hydrogen) atoms. The Bertz CT molecular complexity index is 1140. The number of esters is 2. The topological polar surface area (TPSA) is 103 Å². The number of benzene rings is 2. The lowest BCUT2D eigenvalue weighted by Crippen LogP contribution is -2.36. The summed E-state index contributed by atoms with van der Waals surface area (Å²) in [6, 6.07) is 13.1. The smallest absolute Gasteiger partial charge is 0.414 e. The van der Waals surface area contributed by atoms with Gasteiger partial charge in [0.2, 0.25) is 0 Å². The van der Waals surface area contributed by atoms with Crippen molar-refractivity contribution in [3.05, 3.63) is 65.9 Å². The second kappa shape index (κ2) is 11.2. The number of nitrogens with one attached hydrogen (secondary N) is 1. The van der Waals surface area contributed by atoms with E-state index >= 15 is 0 Å². The lowest BCUT2D eigenvalue weighted by molar-refractivity contribution is -0.141. The van der Waals surface area contributed by atoms with Crippen molar-refractivity contribution in [2.45, 2.75) is 45.8 Å². The standard InChI is InChI=1S/C27H32N2O7/c1-17(25(31)33-6)28-22-12-21-20(16-34-18(2)30)14-29(26(32)36-27(3,4)5)23(21)13-24(22)35-15-19-10-8-7-9-11-19/h7-13,20,28H,1,14-16H2,2-6H3/t20-/m0/s1. The van der Waals surface area contributed by atoms with Gasteiger partial charge in [-0.3, -0.25) is 9.69 Å². The number of fused-ring (bicyclic) bond motifs is 1. The Labute approximate surface area is 211 Å². The molecule has 0 bridgehead atoms. The second-order valence-corrected chi connectivity index (χ2v) is 9.37. The average Bonchev–Trinajstić information content (AvgIpc) is 3.17. The van der Waals surface area contributed by atoms with Crippen molar-refractivity contribution < 1.29 is 33.3 Å². The average molecular weight is 497 g/mol. The van der Waals surface area contributed by atoms with Crippen molar-refractivity contribution in [3.63, 3.8) is 0 Å². The van der Waals surface area contributed by atoms with Gasteiger partial charge in [0.05, 0.1) is 25.1 Å². The van der Waals surface area contributed by atoms with E-state index in [1.807, 2.05) is 30.3 Å². The van der Waals surface area contributed by atoms with Crippen molar-refractivity contribution in [1.29, 1.82) is 0 Å². The normalized spacial score (nSPS) is 14.5. The second-order valence-electron chi connectivity index (χ2n) is 9.37. The molecule has 0 spiro atoms. The Kier molecular flexibility index (Phi) is 8.24. The van der Waals surface area contributed by atoms with Crippen LogP contribution in [-0.4, -0.2) is 43.9 Å². The van der Waals surface area contributed by atoms with Gasteiger partial charge in [-0.15, -0.1) is 0 Å². The molecule has 1 N–H and O–H groups in total. The molecule has 192 valence electrons. The zero-order chi connectivity index (χ0) is 26.5. The van der Waals surface area contributed by atoms with E-state index in [4.69, 9.17) is 18.9 Å². The van der Waals surface area contributed by atoms with Gasteiger partial charge in [-0.2, -0.15) is 0 Å². The third-order valence-corrected chi connectivity index (χ3v) is 5.32. The Hall–Kier alpha value is -4.01. The molecule has 0 aromatic heterocycles. The third kappa shape index (κ3) is 6.78. The molecule has 2 aromatic rings. The predicted molar refractivity (Wildman–Crippen MR) is 135 cm³/mol. The van der Waals surface area contributed by atoms with Crippen LogP contribution in [0.5, 0.6) is 5.75 Å². The minimum Gasteiger partial charge on any atom is -0.487 e. The summed E-state index contributed by atoms with van der Waals surface area (Å²) in [4.78, 5) is 38.0. The monoisotopic (exact) mass is 496 g/mol. The highest BCUT2D eigenvalue weighted by Gasteiger charge is 2.37. The zero-order valence-corrected chi connectivity index (χ0v) is 21.3. The van der Waals surface area contributed by atoms with Crippen molar-refractivity contribution in [3.8, 4) is 5.75 Å². The van der Waals surface area contributed by atoms with Crippen LogP contribution in [-0.2, 0) is 30.4 Å². The molecule has 0 unspecified atom stereocenters. The Morgan fingerprint density at radius 1 is 1.14 bits per heavy atom. The molecular weight excluding hydrogens is 464 g/mol. The lowest BCUT2D eigenvalue weighted by Gasteiger charge is -2.25. The number of amides is 1. The van der Waals surface area contributed by atoms with Crippen LogP contribution < -0.4 is 15.0 Å². The van der Waals surface area contributed by atoms with Gasteiger partial charge in [-0.1, -0.05) is 36.9 Å². The summed E-state index contributed by atoms with van der Waals surface area (Å²) in [6.07, 6.45) is -0.525. The van der Waals surface area contributed by atoms with Crippen LogP contribution in [0, 0.1) is 0 Å². The fourth-order valence-electron chi connectivity index (χ4n) is 3.70. The van der Waals surface area contributed by atoms with Gasteiger partial charge in [0.25, 0.3) is 0 Å². The van der Waals surface area contributed by atoms with E-state index in [2.05, 4.69) is 11.9 Å². The van der Waals surface area contributed by atoms with E-state index in [1.165, 1.54) is 18.9 Å². The van der Waals surface area contributed by atoms with Gasteiger partial charge in [0.1, 0.15) is 23.7 Å². The molecule has 0 radical (unpaired) electrons. The van der Waals surface area contributed by atoms with Crippen LogP contribution in [0.15, 0.2) is 54.7 Å². The summed E-state index contributed by atoms with van der Waals surface area (Å²) in [5, 5.41) is 2.96. The maximum absolute atomic E-state index is 13.1. The number of carbonyl (C=O) groups is 3. The molecule has 0 fully saturated rings. The lowest BCUT2D eigenvalue weighted by atomic mass is 10.0. The van der Waals surface area contributed by atoms with Crippen LogP contribution in [0.4, 0.5) is 16.2 Å². The molecule has 3 rings (SSSR count). The fourth-order valence-corrected chi connectivity index (χ4v) is 3.70. The van der Waals surface area contributed by atoms with Crippen LogP contribution in [0.3, 0.4) is 0 Å². The third-order valence-electron chi connectivity index (χ3n) is 5.32. The first-order chi connectivity index (χ1) is 17.0. The van der Waals surface area contributed by atoms with Crippen LogP contribution in [0.25, 0.3) is 0 Å². The molecule has 1 heterocycles. The Morgan fingerprint density at radius 2 is 1.83 bits per heavy atom. The van der Waals surface area contributed by atoms with E-state index in [0.29, 0.717) is 17.1 Å². The van der Waals surface area contributed by atoms with E-state index in [9.17, 15) is 14.4 Å². The molecule has 9 heteroatoms. The minimum absolute atomic E-state index is 0.0144. The van der Waals surface area contributed by atoms with Crippen molar-refractivity contribution in [1.82, 2.24) is 0 Å². The first-order valence-corrected chi connectivity index (χ1v) is 11.5. The molecule has 9 nitrogen and oxygen atoms in total. The van der Waals surface area contributed by atoms with E-state index in [-0.39, 0.29) is 31.4 Å². The largest absolute Gasteiger partial charge is 0.487 e. The quantitative estimate of drug-likeness (QED) is 0.317. The molecule has 1 amide bonds. The van der Waals surface area contributed by atoms with Gasteiger partial charge in [-0.25, -0.2) is 9.59 Å². The molecule has 1 aliphatic heterocycles. The summed E-state index contributed by atoms with van der Waals surface area (Å²) < 4.78 is 21.7. The summed E-state index contributed by atoms with van der Waals surface area (Å²) in [7, 11) is 1.26. The van der Waals surface area contributed by atoms with Crippen molar-refractivity contribution in [2.24, 2.45) is 0 Å². The van der Waals surface area contributed by atoms with Crippen molar-refractivity contribution in [2.75, 3.05) is 30.5 Å². The summed E-state index contributed by atoms with van der Waals surface area (Å²) >= 11 is 0. The van der Waals surface area contributed by atoms with E-state index < -0.39 is 23.6 Å². The molecule has 0 saturated heterocycles. The first kappa shape index (κ1) is 26.6. The first-order valence-electron chi connectivity index (χ1n) is 11.5. The highest BCUT2D eigenvalue weighted by molar-refractivity contribution is 5.94. The fraction of sp³-hybridized carbons (Fsp3) is 0.370. The van der Waals surface area contributed by atoms with Gasteiger partial charge < -0.3 is 24.3 Å². The molecule has 0 aliphatic carbocycles. The van der Waals surface area contributed by atoms with Crippen molar-refractivity contribution >= 4 is 29.4 Å². The number of hydrogen-bond acceptors (Lipinski definition) is 8. The van der Waals surface area contributed by atoms with Gasteiger partial charge >= 0.3 is 18.0 Å². The summed E-state index contributed by atoms with van der Waals surface area (Å²) in [5.41, 5.74) is 2.01. The molecule has 2 aromatic carbocycles. The molecule has 1 atom stereocenters. The number of hydrogen-bond donors (Lipinski definition) is 1. The number of anilines is 2. The van der Waals surface area contributed by atoms with E-state index in [1.54, 1.807) is 32.9 Å². The zero-order valence-electron chi connectivity index (χ0n) is 21.3. The number of ether oxygens (including phenoxy) is 4. The number of rotatable bonds is 8. The maximum Gasteiger partial charge on any atom is 0.414 e. The van der Waals surface area contributed by atoms with Crippen LogP contribution in [0.1, 0.15) is 44.7 Å². The number of carbonyl (C=O) groups excluding carboxylic acids is 3. The Balaban J connectivity index is 2.03. The SMILES string of the molecule is C=C(Nc1cc2c(cc1OCc1ccccc1)N(C(=O)OC(C)(C)C)C[C@H]2COC(C)=O)C(=O)OC. The Morgan fingerprint density at radius 3 is 2.44 bits per heavy atom. The number of nitrogens with zero attached hydrogens (tertiary/aromatic N) is 1. The molecule has 1 aliphatic rings. The van der Waals surface area contributed by atoms with Gasteiger partial charge in [0, 0.05) is 25.5 Å². The molecular formula is C27H32N2O7. The maximum atomic E-state index is 13.1. The summed E-state index contributed by atoms with van der Waals surface area (Å²) in [6.45, 7) is 11.0. The van der Waals surface area contributed by atoms with Crippen LogP contribution in [0.2, 0.25) is 0 Å². The van der Waals surface area contributed by atoms with Gasteiger partial charge in [-0.05, 0) is 38.0 Å². The minimum atomic E-state index is -0.697. The highest BCUT2D eigenvalue weighted by Crippen LogP contribution is 2.44. The number of methoxy groups -OCH3 is 1. The summed E-state index contributed by atoms with van der Waals surface area (Å²) in [5.74, 6) is -0.972. The van der Waals surface area contributed by atoms with Gasteiger partial charge in [0.15, 0.2) is 0 Å². The molecule has 0 saturated carbocycles. The predicted octanol–water partition coefficient (Wildman–Crippen LogP) is 4.77. The van der Waals surface area contributed by atoms with Crippen LogP contribution >= 0.6 is 0 Å². The van der Waals surface area contributed by atoms with E-state index in [0.717, 1.165) is 11.1 Å².